The molecule has 0 saturated carbocycles. The second kappa shape index (κ2) is 7.49. The van der Waals surface area contributed by atoms with E-state index in [1.165, 1.54) is 0 Å². The third kappa shape index (κ3) is 4.12. The van der Waals surface area contributed by atoms with Crippen LogP contribution in [0.25, 0.3) is 11.0 Å². The number of aliphatic imine (C=N–C) groups is 1. The summed E-state index contributed by atoms with van der Waals surface area (Å²) in [5, 5.41) is 11.9. The number of guanidine groups is 1. The summed E-state index contributed by atoms with van der Waals surface area (Å²) in [6, 6.07) is 12.0. The maximum atomic E-state index is 5.78. The van der Waals surface area contributed by atoms with E-state index in [0.717, 1.165) is 42.2 Å². The quantitative estimate of drug-likeness (QED) is 0.417. The third-order valence-corrected chi connectivity index (χ3v) is 3.55. The van der Waals surface area contributed by atoms with Crippen LogP contribution in [0.1, 0.15) is 12.2 Å². The number of nitrogens with one attached hydrogen (secondary N) is 2. The zero-order valence-corrected chi connectivity index (χ0v) is 13.2. The van der Waals surface area contributed by atoms with E-state index >= 15 is 0 Å². The molecule has 3 aromatic rings. The van der Waals surface area contributed by atoms with Crippen molar-refractivity contribution in [3.8, 4) is 0 Å². The number of furan rings is 1. The van der Waals surface area contributed by atoms with Crippen molar-refractivity contribution < 1.29 is 4.42 Å². The Hall–Kier alpha value is -2.76. The van der Waals surface area contributed by atoms with E-state index in [1.54, 1.807) is 13.2 Å². The molecule has 0 amide bonds. The summed E-state index contributed by atoms with van der Waals surface area (Å²) >= 11 is 0. The van der Waals surface area contributed by atoms with E-state index < -0.39 is 0 Å². The fourth-order valence-corrected chi connectivity index (χ4v) is 2.40. The number of aromatic nitrogens is 2. The van der Waals surface area contributed by atoms with Crippen LogP contribution in [0, 0.1) is 0 Å². The Morgan fingerprint density at radius 1 is 1.26 bits per heavy atom. The molecule has 3 rings (SSSR count). The van der Waals surface area contributed by atoms with Gasteiger partial charge in [-0.3, -0.25) is 9.67 Å². The molecule has 2 heterocycles. The second-order valence-electron chi connectivity index (χ2n) is 5.23. The van der Waals surface area contributed by atoms with Gasteiger partial charge in [-0.1, -0.05) is 18.2 Å². The number of hydrogen-bond donors (Lipinski definition) is 2. The maximum absolute atomic E-state index is 5.78. The highest BCUT2D eigenvalue weighted by molar-refractivity contribution is 5.80. The molecule has 1 aromatic carbocycles. The van der Waals surface area contributed by atoms with Gasteiger partial charge in [-0.15, -0.1) is 0 Å². The normalized spacial score (nSPS) is 11.8. The fraction of sp³-hybridized carbons (Fsp3) is 0.294. The zero-order chi connectivity index (χ0) is 15.9. The molecule has 0 radical (unpaired) electrons. The number of fused-ring (bicyclic) bond motifs is 1. The van der Waals surface area contributed by atoms with Crippen LogP contribution >= 0.6 is 0 Å². The summed E-state index contributed by atoms with van der Waals surface area (Å²) in [6.07, 6.45) is 4.74. The number of hydrogen-bond acceptors (Lipinski definition) is 3. The minimum Gasteiger partial charge on any atom is -0.459 e. The lowest BCUT2D eigenvalue weighted by Gasteiger charge is -2.10. The fourth-order valence-electron chi connectivity index (χ4n) is 2.40. The molecule has 0 atom stereocenters. The highest BCUT2D eigenvalue weighted by Gasteiger charge is 2.04. The van der Waals surface area contributed by atoms with Crippen LogP contribution in [0.5, 0.6) is 0 Å². The molecular weight excluding hydrogens is 290 g/mol. The Balaban J connectivity index is 1.44. The average molecular weight is 311 g/mol. The predicted molar refractivity (Wildman–Crippen MR) is 91.3 cm³/mol. The minimum absolute atomic E-state index is 0.605. The standard InChI is InChI=1S/C17H21N5O/c1-18-17(19-8-4-10-22-11-5-9-21-22)20-13-15-12-14-6-2-3-7-16(14)23-15/h2-3,5-7,9,11-12H,4,8,10,13H2,1H3,(H2,18,19,20). The summed E-state index contributed by atoms with van der Waals surface area (Å²) in [5.74, 6) is 1.66. The molecule has 0 spiro atoms. The number of aryl methyl sites for hydroxylation is 1. The third-order valence-electron chi connectivity index (χ3n) is 3.55. The van der Waals surface area contributed by atoms with Crippen molar-refractivity contribution in [1.29, 1.82) is 0 Å². The van der Waals surface area contributed by atoms with E-state index in [-0.39, 0.29) is 0 Å². The molecule has 6 nitrogen and oxygen atoms in total. The highest BCUT2D eigenvalue weighted by atomic mass is 16.3. The first-order valence-electron chi connectivity index (χ1n) is 7.74. The first-order valence-corrected chi connectivity index (χ1v) is 7.74. The molecule has 0 saturated heterocycles. The van der Waals surface area contributed by atoms with Crippen molar-refractivity contribution in [2.24, 2.45) is 4.99 Å². The smallest absolute Gasteiger partial charge is 0.191 e. The average Bonchev–Trinajstić information content (AvgIpc) is 3.23. The van der Waals surface area contributed by atoms with Gasteiger partial charge in [-0.05, 0) is 24.6 Å². The Kier molecular flexibility index (Phi) is 4.93. The Labute approximate surface area is 135 Å². The maximum Gasteiger partial charge on any atom is 0.191 e. The minimum atomic E-state index is 0.605. The molecule has 120 valence electrons. The van der Waals surface area contributed by atoms with Gasteiger partial charge in [-0.25, -0.2) is 0 Å². The van der Waals surface area contributed by atoms with E-state index in [4.69, 9.17) is 4.42 Å². The SMILES string of the molecule is CN=C(NCCCn1cccn1)NCc1cc2ccccc2o1. The molecule has 2 N–H and O–H groups in total. The van der Waals surface area contributed by atoms with Gasteiger partial charge in [0, 0.05) is 37.9 Å². The number of rotatable bonds is 6. The molecule has 2 aromatic heterocycles. The van der Waals surface area contributed by atoms with Crippen molar-refractivity contribution >= 4 is 16.9 Å². The molecule has 0 aliphatic rings. The van der Waals surface area contributed by atoms with Gasteiger partial charge in [0.1, 0.15) is 11.3 Å². The van der Waals surface area contributed by atoms with Crippen LogP contribution in [0.15, 0.2) is 58.2 Å². The van der Waals surface area contributed by atoms with Gasteiger partial charge < -0.3 is 15.1 Å². The van der Waals surface area contributed by atoms with Gasteiger partial charge in [0.2, 0.25) is 0 Å². The second-order valence-corrected chi connectivity index (χ2v) is 5.23. The Morgan fingerprint density at radius 3 is 2.96 bits per heavy atom. The molecule has 0 aliphatic heterocycles. The van der Waals surface area contributed by atoms with Crippen molar-refractivity contribution in [1.82, 2.24) is 20.4 Å². The lowest BCUT2D eigenvalue weighted by atomic mass is 10.2. The van der Waals surface area contributed by atoms with Crippen LogP contribution in [0.2, 0.25) is 0 Å². The summed E-state index contributed by atoms with van der Waals surface area (Å²) in [4.78, 5) is 4.22. The van der Waals surface area contributed by atoms with Crippen LogP contribution in [-0.4, -0.2) is 29.3 Å². The predicted octanol–water partition coefficient (Wildman–Crippen LogP) is 2.38. The van der Waals surface area contributed by atoms with E-state index in [2.05, 4.69) is 20.7 Å². The molecule has 0 aliphatic carbocycles. The van der Waals surface area contributed by atoms with E-state index in [1.807, 2.05) is 47.3 Å². The summed E-state index contributed by atoms with van der Waals surface area (Å²) in [5.41, 5.74) is 0.909. The van der Waals surface area contributed by atoms with Crippen LogP contribution in [0.4, 0.5) is 0 Å². The summed E-state index contributed by atoms with van der Waals surface area (Å²) < 4.78 is 7.70. The van der Waals surface area contributed by atoms with Crippen LogP contribution in [-0.2, 0) is 13.1 Å². The molecule has 6 heteroatoms. The molecular formula is C17H21N5O. The summed E-state index contributed by atoms with van der Waals surface area (Å²) in [6.45, 7) is 2.33. The van der Waals surface area contributed by atoms with Gasteiger partial charge in [0.15, 0.2) is 5.96 Å². The molecule has 23 heavy (non-hydrogen) atoms. The molecule has 0 unspecified atom stereocenters. The van der Waals surface area contributed by atoms with E-state index in [9.17, 15) is 0 Å². The lowest BCUT2D eigenvalue weighted by molar-refractivity contribution is 0.536. The zero-order valence-electron chi connectivity index (χ0n) is 13.2. The molecule has 0 fully saturated rings. The van der Waals surface area contributed by atoms with Gasteiger partial charge in [0.05, 0.1) is 6.54 Å². The highest BCUT2D eigenvalue weighted by Crippen LogP contribution is 2.18. The van der Waals surface area contributed by atoms with Crippen molar-refractivity contribution in [2.75, 3.05) is 13.6 Å². The van der Waals surface area contributed by atoms with Crippen molar-refractivity contribution in [2.45, 2.75) is 19.5 Å². The number of para-hydroxylation sites is 1. The van der Waals surface area contributed by atoms with Crippen LogP contribution < -0.4 is 10.6 Å². The lowest BCUT2D eigenvalue weighted by Crippen LogP contribution is -2.37. The Morgan fingerprint density at radius 2 is 2.17 bits per heavy atom. The monoisotopic (exact) mass is 311 g/mol. The Bertz CT molecular complexity index is 727. The van der Waals surface area contributed by atoms with Crippen molar-refractivity contribution in [3.63, 3.8) is 0 Å². The topological polar surface area (TPSA) is 67.4 Å². The number of benzene rings is 1. The summed E-state index contributed by atoms with van der Waals surface area (Å²) in [7, 11) is 1.77. The van der Waals surface area contributed by atoms with Gasteiger partial charge in [0.25, 0.3) is 0 Å². The van der Waals surface area contributed by atoms with Crippen LogP contribution in [0.3, 0.4) is 0 Å². The first-order chi connectivity index (χ1) is 11.3. The van der Waals surface area contributed by atoms with Gasteiger partial charge >= 0.3 is 0 Å². The van der Waals surface area contributed by atoms with Gasteiger partial charge in [-0.2, -0.15) is 5.10 Å². The van der Waals surface area contributed by atoms with E-state index in [0.29, 0.717) is 6.54 Å². The van der Waals surface area contributed by atoms with Crippen molar-refractivity contribution in [3.05, 3.63) is 54.6 Å². The molecule has 0 bridgehead atoms. The largest absolute Gasteiger partial charge is 0.459 e. The number of nitrogens with zero attached hydrogens (tertiary/aromatic N) is 3. The first kappa shape index (κ1) is 15.1.